The first-order chi connectivity index (χ1) is 10.7. The summed E-state index contributed by atoms with van der Waals surface area (Å²) in [5.41, 5.74) is 0. The fourth-order valence-electron chi connectivity index (χ4n) is 2.63. The topological polar surface area (TPSA) is 43.4 Å². The van der Waals surface area contributed by atoms with E-state index in [-0.39, 0.29) is 5.97 Å². The summed E-state index contributed by atoms with van der Waals surface area (Å²) in [6.45, 7) is 2.17. The number of hydrogen-bond donors (Lipinski definition) is 0. The Morgan fingerprint density at radius 3 is 1.50 bits per heavy atom. The van der Waals surface area contributed by atoms with Crippen LogP contribution in [0.4, 0.5) is 0 Å². The molecule has 0 N–H and O–H groups in total. The Hall–Kier alpha value is -0.860. The first-order valence-corrected chi connectivity index (χ1v) is 9.29. The number of unbranched alkanes of at least 4 members (excludes halogenated alkanes) is 10. The maximum atomic E-state index is 11.6. The molecule has 0 atom stereocenters. The number of carbonyl (C=O) groups is 2. The molecule has 0 aromatic heterocycles. The van der Waals surface area contributed by atoms with Crippen LogP contribution in [0.15, 0.2) is 0 Å². The van der Waals surface area contributed by atoms with Gasteiger partial charge in [-0.05, 0) is 19.3 Å². The first kappa shape index (κ1) is 21.1. The van der Waals surface area contributed by atoms with Crippen molar-refractivity contribution in [1.29, 1.82) is 0 Å². The predicted molar refractivity (Wildman–Crippen MR) is 92.0 cm³/mol. The van der Waals surface area contributed by atoms with Crippen molar-refractivity contribution in [3.63, 3.8) is 0 Å². The normalized spacial score (nSPS) is 10.6. The Labute approximate surface area is 137 Å². The number of methoxy groups -OCH3 is 1. The molecule has 0 spiro atoms. The third kappa shape index (κ3) is 15.5. The van der Waals surface area contributed by atoms with Crippen molar-refractivity contribution in [3.8, 4) is 0 Å². The number of hydrogen-bond acceptors (Lipinski definition) is 3. The fraction of sp³-hybridized carbons (Fsp3) is 0.895. The van der Waals surface area contributed by atoms with Crippen molar-refractivity contribution in [2.24, 2.45) is 0 Å². The summed E-state index contributed by atoms with van der Waals surface area (Å²) in [4.78, 5) is 22.5. The molecule has 0 aliphatic carbocycles. The number of Topliss-reactive ketones (excluding diaryl/α,β-unsaturated/α-hetero) is 1. The largest absolute Gasteiger partial charge is 0.469 e. The molecule has 0 aliphatic heterocycles. The van der Waals surface area contributed by atoms with Crippen LogP contribution in [0.2, 0.25) is 0 Å². The zero-order chi connectivity index (χ0) is 16.5. The van der Waals surface area contributed by atoms with E-state index in [2.05, 4.69) is 11.7 Å². The van der Waals surface area contributed by atoms with Gasteiger partial charge in [-0.2, -0.15) is 0 Å². The molecule has 0 aromatic carbocycles. The van der Waals surface area contributed by atoms with Crippen LogP contribution in [-0.2, 0) is 14.3 Å². The van der Waals surface area contributed by atoms with Crippen molar-refractivity contribution in [3.05, 3.63) is 0 Å². The van der Waals surface area contributed by atoms with Crippen molar-refractivity contribution >= 4 is 11.8 Å². The van der Waals surface area contributed by atoms with Crippen LogP contribution in [0.5, 0.6) is 0 Å². The van der Waals surface area contributed by atoms with Crippen LogP contribution in [-0.4, -0.2) is 18.9 Å². The Morgan fingerprint density at radius 1 is 0.636 bits per heavy atom. The van der Waals surface area contributed by atoms with Gasteiger partial charge in [-0.1, -0.05) is 64.7 Å². The van der Waals surface area contributed by atoms with Gasteiger partial charge < -0.3 is 4.74 Å². The molecular formula is C19H36O3. The lowest BCUT2D eigenvalue weighted by Crippen LogP contribution is -1.99. The fourth-order valence-corrected chi connectivity index (χ4v) is 2.63. The summed E-state index contributed by atoms with van der Waals surface area (Å²) in [7, 11) is 1.45. The Balaban J connectivity index is 3.14. The lowest BCUT2D eigenvalue weighted by Gasteiger charge is -2.03. The monoisotopic (exact) mass is 312 g/mol. The standard InChI is InChI=1S/C19H36O3/c1-3-4-12-15-18(20)16-13-10-8-6-5-7-9-11-14-17-19(21)22-2/h3-17H2,1-2H3. The van der Waals surface area contributed by atoms with E-state index in [4.69, 9.17) is 0 Å². The molecule has 130 valence electrons. The second kappa shape index (κ2) is 16.5. The van der Waals surface area contributed by atoms with Crippen LogP contribution < -0.4 is 0 Å². The number of esters is 1. The molecule has 0 fully saturated rings. The van der Waals surface area contributed by atoms with Crippen LogP contribution in [0.25, 0.3) is 0 Å². The van der Waals surface area contributed by atoms with E-state index in [0.29, 0.717) is 12.2 Å². The predicted octanol–water partition coefficient (Wildman–Crippen LogP) is 5.60. The van der Waals surface area contributed by atoms with E-state index in [9.17, 15) is 9.59 Å². The smallest absolute Gasteiger partial charge is 0.305 e. The van der Waals surface area contributed by atoms with Crippen molar-refractivity contribution in [2.45, 2.75) is 103 Å². The second-order valence-electron chi connectivity index (χ2n) is 6.25. The third-order valence-electron chi connectivity index (χ3n) is 4.12. The Bertz CT molecular complexity index is 274. The summed E-state index contributed by atoms with van der Waals surface area (Å²) in [5, 5.41) is 0. The lowest BCUT2D eigenvalue weighted by molar-refractivity contribution is -0.140. The summed E-state index contributed by atoms with van der Waals surface area (Å²) in [6.07, 6.45) is 16.2. The minimum Gasteiger partial charge on any atom is -0.469 e. The van der Waals surface area contributed by atoms with Gasteiger partial charge >= 0.3 is 5.97 Å². The minimum atomic E-state index is -0.0933. The molecule has 0 aromatic rings. The molecule has 0 unspecified atom stereocenters. The molecule has 0 amide bonds. The SMILES string of the molecule is CCCCCC(=O)CCCCCCCCCCCC(=O)OC. The lowest BCUT2D eigenvalue weighted by atomic mass is 10.0. The number of rotatable bonds is 16. The summed E-state index contributed by atoms with van der Waals surface area (Å²) >= 11 is 0. The van der Waals surface area contributed by atoms with E-state index in [1.807, 2.05) is 0 Å². The highest BCUT2D eigenvalue weighted by Gasteiger charge is 2.01. The van der Waals surface area contributed by atoms with Gasteiger partial charge in [0.2, 0.25) is 0 Å². The maximum absolute atomic E-state index is 11.6. The highest BCUT2D eigenvalue weighted by atomic mass is 16.5. The highest BCUT2D eigenvalue weighted by molar-refractivity contribution is 5.78. The number of ketones is 1. The van der Waals surface area contributed by atoms with Crippen LogP contribution >= 0.6 is 0 Å². The zero-order valence-corrected chi connectivity index (χ0v) is 14.8. The van der Waals surface area contributed by atoms with Crippen molar-refractivity contribution in [2.75, 3.05) is 7.11 Å². The summed E-state index contributed by atoms with van der Waals surface area (Å²) in [5.74, 6) is 0.364. The highest BCUT2D eigenvalue weighted by Crippen LogP contribution is 2.12. The number of ether oxygens (including phenoxy) is 1. The van der Waals surface area contributed by atoms with Crippen molar-refractivity contribution in [1.82, 2.24) is 0 Å². The molecule has 0 rings (SSSR count). The average molecular weight is 312 g/mol. The average Bonchev–Trinajstić information content (AvgIpc) is 2.52. The van der Waals surface area contributed by atoms with Gasteiger partial charge in [-0.3, -0.25) is 9.59 Å². The van der Waals surface area contributed by atoms with E-state index < -0.39 is 0 Å². The van der Waals surface area contributed by atoms with Gasteiger partial charge in [-0.25, -0.2) is 0 Å². The molecule has 0 saturated heterocycles. The molecule has 0 saturated carbocycles. The molecule has 22 heavy (non-hydrogen) atoms. The van der Waals surface area contributed by atoms with Crippen LogP contribution in [0.1, 0.15) is 103 Å². The van der Waals surface area contributed by atoms with Crippen molar-refractivity contribution < 1.29 is 14.3 Å². The van der Waals surface area contributed by atoms with Crippen LogP contribution in [0.3, 0.4) is 0 Å². The van der Waals surface area contributed by atoms with Gasteiger partial charge in [0.1, 0.15) is 5.78 Å². The van der Waals surface area contributed by atoms with Gasteiger partial charge in [0, 0.05) is 19.3 Å². The first-order valence-electron chi connectivity index (χ1n) is 9.29. The molecule has 3 heteroatoms. The van der Waals surface area contributed by atoms with Gasteiger partial charge in [0.15, 0.2) is 0 Å². The maximum Gasteiger partial charge on any atom is 0.305 e. The Morgan fingerprint density at radius 2 is 1.05 bits per heavy atom. The minimum absolute atomic E-state index is 0.0933. The summed E-state index contributed by atoms with van der Waals surface area (Å²) < 4.78 is 4.61. The molecule has 0 heterocycles. The van der Waals surface area contributed by atoms with E-state index in [0.717, 1.165) is 38.5 Å². The Kier molecular flexibility index (Phi) is 15.9. The molecule has 0 bridgehead atoms. The number of carbonyl (C=O) groups excluding carboxylic acids is 2. The van der Waals surface area contributed by atoms with Crippen LogP contribution in [0, 0.1) is 0 Å². The third-order valence-corrected chi connectivity index (χ3v) is 4.12. The van der Waals surface area contributed by atoms with E-state index >= 15 is 0 Å². The van der Waals surface area contributed by atoms with Gasteiger partial charge in [0.05, 0.1) is 7.11 Å². The van der Waals surface area contributed by atoms with Gasteiger partial charge in [0.25, 0.3) is 0 Å². The zero-order valence-electron chi connectivity index (χ0n) is 14.8. The van der Waals surface area contributed by atoms with E-state index in [1.165, 1.54) is 58.5 Å². The molecular weight excluding hydrogens is 276 g/mol. The van der Waals surface area contributed by atoms with E-state index in [1.54, 1.807) is 0 Å². The molecule has 0 aliphatic rings. The molecule has 0 radical (unpaired) electrons. The second-order valence-corrected chi connectivity index (χ2v) is 6.25. The summed E-state index contributed by atoms with van der Waals surface area (Å²) in [6, 6.07) is 0. The molecule has 3 nitrogen and oxygen atoms in total. The van der Waals surface area contributed by atoms with Gasteiger partial charge in [-0.15, -0.1) is 0 Å². The quantitative estimate of drug-likeness (QED) is 0.275.